The molecular formula is C16H22BrN3. The number of rotatable bonds is 2. The van der Waals surface area contributed by atoms with E-state index in [2.05, 4.69) is 44.0 Å². The van der Waals surface area contributed by atoms with Crippen LogP contribution in [0.3, 0.4) is 0 Å². The van der Waals surface area contributed by atoms with E-state index in [0.717, 1.165) is 22.6 Å². The van der Waals surface area contributed by atoms with Crippen molar-refractivity contribution in [2.45, 2.75) is 44.6 Å². The molecule has 4 heteroatoms. The molecular weight excluding hydrogens is 314 g/mol. The van der Waals surface area contributed by atoms with Crippen LogP contribution in [0.25, 0.3) is 0 Å². The molecule has 1 aliphatic carbocycles. The average molecular weight is 336 g/mol. The van der Waals surface area contributed by atoms with Crippen LogP contribution in [0.2, 0.25) is 0 Å². The van der Waals surface area contributed by atoms with Crippen LogP contribution in [0.15, 0.2) is 33.7 Å². The summed E-state index contributed by atoms with van der Waals surface area (Å²) in [5, 5.41) is 0. The van der Waals surface area contributed by atoms with Crippen molar-refractivity contribution in [3.63, 3.8) is 0 Å². The van der Waals surface area contributed by atoms with E-state index in [1.54, 1.807) is 0 Å². The van der Waals surface area contributed by atoms with Crippen LogP contribution in [-0.2, 0) is 0 Å². The molecule has 1 saturated carbocycles. The van der Waals surface area contributed by atoms with Gasteiger partial charge in [-0.25, -0.2) is 0 Å². The van der Waals surface area contributed by atoms with E-state index in [4.69, 9.17) is 5.73 Å². The van der Waals surface area contributed by atoms with Crippen LogP contribution < -0.4 is 10.6 Å². The van der Waals surface area contributed by atoms with E-state index in [-0.39, 0.29) is 0 Å². The Morgan fingerprint density at radius 2 is 1.90 bits per heavy atom. The second-order valence-corrected chi connectivity index (χ2v) is 6.78. The summed E-state index contributed by atoms with van der Waals surface area (Å²) < 4.78 is 1.09. The highest BCUT2D eigenvalue weighted by molar-refractivity contribution is 9.10. The van der Waals surface area contributed by atoms with E-state index in [1.807, 2.05) is 6.07 Å². The highest BCUT2D eigenvalue weighted by Crippen LogP contribution is 2.33. The fourth-order valence-electron chi connectivity index (χ4n) is 3.52. The lowest BCUT2D eigenvalue weighted by molar-refractivity contribution is 0.389. The third-order valence-electron chi connectivity index (χ3n) is 4.55. The Morgan fingerprint density at radius 1 is 1.15 bits per heavy atom. The lowest BCUT2D eigenvalue weighted by Gasteiger charge is -2.32. The molecule has 1 aromatic carbocycles. The van der Waals surface area contributed by atoms with Gasteiger partial charge in [-0.15, -0.1) is 0 Å². The molecule has 2 aliphatic rings. The number of guanidine groups is 1. The fraction of sp³-hybridized carbons (Fsp3) is 0.562. The first-order valence-corrected chi connectivity index (χ1v) is 8.40. The summed E-state index contributed by atoms with van der Waals surface area (Å²) >= 11 is 3.55. The van der Waals surface area contributed by atoms with Crippen LogP contribution in [0.4, 0.5) is 5.69 Å². The summed E-state index contributed by atoms with van der Waals surface area (Å²) in [6, 6.07) is 8.82. The van der Waals surface area contributed by atoms with Crippen molar-refractivity contribution in [3.05, 3.63) is 28.7 Å². The van der Waals surface area contributed by atoms with Crippen molar-refractivity contribution in [1.82, 2.24) is 0 Å². The third-order valence-corrected chi connectivity index (χ3v) is 5.04. The summed E-state index contributed by atoms with van der Waals surface area (Å²) in [5.74, 6) is 1.40. The number of hydrogen-bond acceptors (Lipinski definition) is 3. The van der Waals surface area contributed by atoms with Gasteiger partial charge in [0.25, 0.3) is 0 Å². The molecule has 0 aromatic heterocycles. The number of nitrogens with two attached hydrogens (primary N) is 1. The van der Waals surface area contributed by atoms with Crippen LogP contribution in [0, 0.1) is 5.92 Å². The summed E-state index contributed by atoms with van der Waals surface area (Å²) in [7, 11) is 0. The molecule has 0 radical (unpaired) electrons. The van der Waals surface area contributed by atoms with E-state index < -0.39 is 0 Å². The second-order valence-electron chi connectivity index (χ2n) is 5.87. The topological polar surface area (TPSA) is 41.6 Å². The summed E-state index contributed by atoms with van der Waals surface area (Å²) in [6.07, 6.45) is 8.11. The Balaban J connectivity index is 1.84. The first-order valence-electron chi connectivity index (χ1n) is 7.60. The first-order chi connectivity index (χ1) is 9.75. The molecule has 0 amide bonds. The maximum Gasteiger partial charge on any atom is 0.196 e. The smallest absolute Gasteiger partial charge is 0.196 e. The Labute approximate surface area is 129 Å². The van der Waals surface area contributed by atoms with Gasteiger partial charge in [0.2, 0.25) is 0 Å². The molecule has 1 aliphatic heterocycles. The fourth-order valence-corrected chi connectivity index (χ4v) is 3.91. The van der Waals surface area contributed by atoms with E-state index in [1.165, 1.54) is 38.5 Å². The third kappa shape index (κ3) is 2.85. The van der Waals surface area contributed by atoms with Gasteiger partial charge < -0.3 is 10.6 Å². The van der Waals surface area contributed by atoms with Crippen molar-refractivity contribution in [3.8, 4) is 0 Å². The lowest BCUT2D eigenvalue weighted by Crippen LogP contribution is -2.44. The molecule has 0 bridgehead atoms. The van der Waals surface area contributed by atoms with E-state index in [0.29, 0.717) is 12.0 Å². The van der Waals surface area contributed by atoms with Crippen molar-refractivity contribution in [1.29, 1.82) is 0 Å². The quantitative estimate of drug-likeness (QED) is 0.832. The average Bonchev–Trinajstić information content (AvgIpc) is 2.65. The number of halogens is 1. The van der Waals surface area contributed by atoms with Gasteiger partial charge in [0.15, 0.2) is 5.96 Å². The molecule has 1 aromatic rings. The van der Waals surface area contributed by atoms with Crippen molar-refractivity contribution < 1.29 is 0 Å². The number of aliphatic imine (C=N–C) groups is 1. The molecule has 2 N–H and O–H groups in total. The molecule has 1 fully saturated rings. The summed E-state index contributed by atoms with van der Waals surface area (Å²) in [5.41, 5.74) is 7.32. The summed E-state index contributed by atoms with van der Waals surface area (Å²) in [4.78, 5) is 6.77. The standard InChI is InChI=1S/C16H22BrN3/c17-13-8-5-9-14(10-13)20-15(11-19-16(20)18)12-6-3-1-2-4-7-12/h5,8-10,12,15H,1-4,6-7,11H2,(H2,18,19). The summed E-state index contributed by atoms with van der Waals surface area (Å²) in [6.45, 7) is 0.850. The minimum Gasteiger partial charge on any atom is -0.370 e. The Bertz CT molecular complexity index is 492. The van der Waals surface area contributed by atoms with Crippen LogP contribution in [0.5, 0.6) is 0 Å². The van der Waals surface area contributed by atoms with Crippen molar-refractivity contribution in [2.24, 2.45) is 16.6 Å². The minimum absolute atomic E-state index is 0.447. The molecule has 1 atom stereocenters. The zero-order valence-electron chi connectivity index (χ0n) is 11.8. The Morgan fingerprint density at radius 3 is 2.60 bits per heavy atom. The largest absolute Gasteiger partial charge is 0.370 e. The molecule has 3 nitrogen and oxygen atoms in total. The molecule has 1 unspecified atom stereocenters. The number of nitrogens with zero attached hydrogens (tertiary/aromatic N) is 2. The van der Waals surface area contributed by atoms with Gasteiger partial charge in [-0.2, -0.15) is 0 Å². The van der Waals surface area contributed by atoms with E-state index >= 15 is 0 Å². The van der Waals surface area contributed by atoms with Gasteiger partial charge in [-0.1, -0.05) is 47.7 Å². The monoisotopic (exact) mass is 335 g/mol. The zero-order valence-corrected chi connectivity index (χ0v) is 13.3. The second kappa shape index (κ2) is 6.17. The molecule has 1 heterocycles. The number of hydrogen-bond donors (Lipinski definition) is 1. The Kier molecular flexibility index (Phi) is 4.29. The van der Waals surface area contributed by atoms with Crippen molar-refractivity contribution >= 4 is 27.6 Å². The van der Waals surface area contributed by atoms with Crippen LogP contribution >= 0.6 is 15.9 Å². The van der Waals surface area contributed by atoms with Gasteiger partial charge in [0.1, 0.15) is 0 Å². The molecule has 108 valence electrons. The van der Waals surface area contributed by atoms with Gasteiger partial charge in [-0.3, -0.25) is 4.99 Å². The highest BCUT2D eigenvalue weighted by atomic mass is 79.9. The first kappa shape index (κ1) is 13.9. The maximum atomic E-state index is 6.16. The SMILES string of the molecule is NC1=NCC(C2CCCCCC2)N1c1cccc(Br)c1. The predicted octanol–water partition coefficient (Wildman–Crippen LogP) is 3.92. The minimum atomic E-state index is 0.447. The van der Waals surface area contributed by atoms with Gasteiger partial charge in [-0.05, 0) is 37.0 Å². The van der Waals surface area contributed by atoms with Gasteiger partial charge in [0.05, 0.1) is 12.6 Å². The molecule has 0 saturated heterocycles. The van der Waals surface area contributed by atoms with Crippen LogP contribution in [-0.4, -0.2) is 18.5 Å². The van der Waals surface area contributed by atoms with Crippen molar-refractivity contribution in [2.75, 3.05) is 11.4 Å². The molecule has 0 spiro atoms. The predicted molar refractivity (Wildman–Crippen MR) is 88.1 cm³/mol. The molecule has 20 heavy (non-hydrogen) atoms. The number of anilines is 1. The van der Waals surface area contributed by atoms with Gasteiger partial charge >= 0.3 is 0 Å². The van der Waals surface area contributed by atoms with Gasteiger partial charge in [0, 0.05) is 10.2 Å². The number of benzene rings is 1. The maximum absolute atomic E-state index is 6.16. The molecule has 3 rings (SSSR count). The van der Waals surface area contributed by atoms with Crippen LogP contribution in [0.1, 0.15) is 38.5 Å². The normalized spacial score (nSPS) is 24.6. The highest BCUT2D eigenvalue weighted by Gasteiger charge is 2.34. The zero-order chi connectivity index (χ0) is 13.9. The van der Waals surface area contributed by atoms with E-state index in [9.17, 15) is 0 Å². The lowest BCUT2D eigenvalue weighted by atomic mass is 9.91. The Hall–Kier alpha value is -1.03.